The maximum Gasteiger partial charge on any atom is 0.253 e. The third-order valence-corrected chi connectivity index (χ3v) is 5.70. The Hall–Kier alpha value is -3.08. The van der Waals surface area contributed by atoms with Gasteiger partial charge in [0.05, 0.1) is 0 Å². The molecule has 1 N–H and O–H groups in total. The van der Waals surface area contributed by atoms with E-state index in [9.17, 15) is 9.59 Å². The largest absolute Gasteiger partial charge is 0.377 e. The van der Waals surface area contributed by atoms with Gasteiger partial charge in [-0.3, -0.25) is 9.59 Å². The van der Waals surface area contributed by atoms with E-state index in [0.29, 0.717) is 11.4 Å². The molecule has 150 valence electrons. The van der Waals surface area contributed by atoms with Crippen molar-refractivity contribution in [2.75, 3.05) is 41.3 Å². The summed E-state index contributed by atoms with van der Waals surface area (Å²) >= 11 is 0. The van der Waals surface area contributed by atoms with Crippen molar-refractivity contribution >= 4 is 17.1 Å². The maximum atomic E-state index is 12.3. The highest BCUT2D eigenvalue weighted by Crippen LogP contribution is 2.24. The summed E-state index contributed by atoms with van der Waals surface area (Å²) in [6.07, 6.45) is 1.85. The average Bonchev–Trinajstić information content (AvgIpc) is 2.79. The van der Waals surface area contributed by atoms with Crippen LogP contribution in [0.5, 0.6) is 0 Å². The van der Waals surface area contributed by atoms with Crippen LogP contribution in [0.15, 0.2) is 70.3 Å². The molecular weight excluding hydrogens is 362 g/mol. The Kier molecular flexibility index (Phi) is 5.65. The van der Waals surface area contributed by atoms with E-state index in [1.54, 1.807) is 0 Å². The zero-order chi connectivity index (χ0) is 20.2. The summed E-state index contributed by atoms with van der Waals surface area (Å²) < 4.78 is 0. The number of rotatable bonds is 7. The van der Waals surface area contributed by atoms with Crippen LogP contribution in [0.3, 0.4) is 0 Å². The summed E-state index contributed by atoms with van der Waals surface area (Å²) in [7, 11) is 0. The first-order chi connectivity index (χ1) is 14.1. The van der Waals surface area contributed by atoms with Gasteiger partial charge in [-0.2, -0.15) is 0 Å². The van der Waals surface area contributed by atoms with Crippen molar-refractivity contribution < 1.29 is 0 Å². The lowest BCUT2D eigenvalue weighted by Crippen LogP contribution is -2.52. The minimum Gasteiger partial charge on any atom is -0.377 e. The molecule has 0 bridgehead atoms. The number of aryl methyl sites for hydroxylation is 1. The highest BCUT2D eigenvalue weighted by Gasteiger charge is 2.29. The number of hydrogen-bond donors (Lipinski definition) is 1. The molecule has 0 spiro atoms. The number of hydrogen-bond acceptors (Lipinski definition) is 5. The second-order valence-corrected chi connectivity index (χ2v) is 7.76. The molecular formula is C24H27N3O2. The van der Waals surface area contributed by atoms with Gasteiger partial charge >= 0.3 is 0 Å². The summed E-state index contributed by atoms with van der Waals surface area (Å²) in [6.45, 7) is 5.23. The molecule has 0 aliphatic carbocycles. The third-order valence-electron chi connectivity index (χ3n) is 5.70. The van der Waals surface area contributed by atoms with Crippen molar-refractivity contribution in [3.63, 3.8) is 0 Å². The first kappa shape index (κ1) is 19.2. The topological polar surface area (TPSA) is 52.6 Å². The first-order valence-corrected chi connectivity index (χ1v) is 10.3. The Morgan fingerprint density at radius 1 is 0.828 bits per heavy atom. The number of para-hydroxylation sites is 1. The molecule has 1 aliphatic heterocycles. The molecule has 0 unspecified atom stereocenters. The average molecular weight is 389 g/mol. The van der Waals surface area contributed by atoms with Gasteiger partial charge in [-0.05, 0) is 37.5 Å². The third kappa shape index (κ3) is 4.19. The van der Waals surface area contributed by atoms with Crippen LogP contribution in [0.4, 0.5) is 17.1 Å². The van der Waals surface area contributed by atoms with Gasteiger partial charge in [0, 0.05) is 37.9 Å². The smallest absolute Gasteiger partial charge is 0.253 e. The fraction of sp³-hybridized carbons (Fsp3) is 0.333. The highest BCUT2D eigenvalue weighted by molar-refractivity contribution is 5.76. The molecule has 5 nitrogen and oxygen atoms in total. The zero-order valence-corrected chi connectivity index (χ0v) is 16.8. The van der Waals surface area contributed by atoms with Gasteiger partial charge in [-0.15, -0.1) is 0 Å². The molecule has 1 aliphatic rings. The minimum atomic E-state index is -0.378. The highest BCUT2D eigenvalue weighted by atomic mass is 16.2. The second kappa shape index (κ2) is 8.52. The molecule has 1 fully saturated rings. The molecule has 29 heavy (non-hydrogen) atoms. The maximum absolute atomic E-state index is 12.3. The van der Waals surface area contributed by atoms with E-state index in [4.69, 9.17) is 0 Å². The van der Waals surface area contributed by atoms with Crippen LogP contribution in [-0.2, 0) is 6.42 Å². The van der Waals surface area contributed by atoms with Crippen molar-refractivity contribution in [3.8, 4) is 0 Å². The van der Waals surface area contributed by atoms with Gasteiger partial charge in [-0.25, -0.2) is 0 Å². The van der Waals surface area contributed by atoms with Gasteiger partial charge in [0.1, 0.15) is 11.4 Å². The second-order valence-electron chi connectivity index (χ2n) is 7.76. The summed E-state index contributed by atoms with van der Waals surface area (Å²) in [4.78, 5) is 28.9. The molecule has 0 amide bonds. The monoisotopic (exact) mass is 389 g/mol. The lowest BCUT2D eigenvalue weighted by atomic mass is 10.0. The van der Waals surface area contributed by atoms with Crippen LogP contribution in [0.2, 0.25) is 0 Å². The van der Waals surface area contributed by atoms with E-state index in [1.807, 2.05) is 36.4 Å². The summed E-state index contributed by atoms with van der Waals surface area (Å²) in [5.74, 6) is 0. The van der Waals surface area contributed by atoms with Crippen LogP contribution < -0.4 is 26.0 Å². The number of piperazine rings is 1. The van der Waals surface area contributed by atoms with Gasteiger partial charge < -0.3 is 15.1 Å². The molecule has 0 saturated carbocycles. The van der Waals surface area contributed by atoms with Crippen molar-refractivity contribution in [3.05, 3.63) is 86.7 Å². The minimum absolute atomic E-state index is 0.128. The molecule has 5 heteroatoms. The van der Waals surface area contributed by atoms with Crippen LogP contribution in [0, 0.1) is 0 Å². The molecule has 1 heterocycles. The summed E-state index contributed by atoms with van der Waals surface area (Å²) in [6, 6.07) is 20.7. The van der Waals surface area contributed by atoms with Gasteiger partial charge in [0.25, 0.3) is 10.9 Å². The first-order valence-electron chi connectivity index (χ1n) is 10.3. The Morgan fingerprint density at radius 3 is 2.07 bits per heavy atom. The quantitative estimate of drug-likeness (QED) is 0.630. The number of nitrogens with one attached hydrogen (secondary N) is 1. The van der Waals surface area contributed by atoms with Crippen molar-refractivity contribution in [1.82, 2.24) is 0 Å². The van der Waals surface area contributed by atoms with Crippen LogP contribution in [-0.4, -0.2) is 32.2 Å². The molecule has 0 radical (unpaired) electrons. The molecule has 4 rings (SSSR count). The predicted molar refractivity (Wildman–Crippen MR) is 120 cm³/mol. The van der Waals surface area contributed by atoms with Crippen molar-refractivity contribution in [1.29, 1.82) is 0 Å². The van der Waals surface area contributed by atoms with E-state index in [-0.39, 0.29) is 16.9 Å². The molecule has 3 aromatic rings. The van der Waals surface area contributed by atoms with Crippen LogP contribution in [0.1, 0.15) is 18.9 Å². The SMILES string of the molecule is C[C@@H](CCc1ccccc1)Nc1c(N2CCN(c3ccccc3)CC2)c(=O)c1=O. The van der Waals surface area contributed by atoms with E-state index in [1.165, 1.54) is 11.3 Å². The molecule has 3 aromatic carbocycles. The van der Waals surface area contributed by atoms with Crippen LogP contribution in [0.25, 0.3) is 0 Å². The number of nitrogens with zero attached hydrogens (tertiary/aromatic N) is 2. The van der Waals surface area contributed by atoms with Gasteiger partial charge in [0.2, 0.25) is 0 Å². The molecule has 1 saturated heterocycles. The number of benzene rings is 2. The Morgan fingerprint density at radius 2 is 1.41 bits per heavy atom. The van der Waals surface area contributed by atoms with Crippen molar-refractivity contribution in [2.24, 2.45) is 0 Å². The molecule has 0 aromatic heterocycles. The fourth-order valence-electron chi connectivity index (χ4n) is 3.99. The number of anilines is 3. The Labute approximate surface area is 171 Å². The fourth-order valence-corrected chi connectivity index (χ4v) is 3.99. The van der Waals surface area contributed by atoms with E-state index in [0.717, 1.165) is 39.0 Å². The van der Waals surface area contributed by atoms with Gasteiger partial charge in [-0.1, -0.05) is 48.5 Å². The van der Waals surface area contributed by atoms with Crippen LogP contribution >= 0.6 is 0 Å². The van der Waals surface area contributed by atoms with Crippen molar-refractivity contribution in [2.45, 2.75) is 25.8 Å². The van der Waals surface area contributed by atoms with E-state index < -0.39 is 0 Å². The normalized spacial score (nSPS) is 15.5. The molecule has 1 atom stereocenters. The Bertz CT molecular complexity index is 1000. The summed E-state index contributed by atoms with van der Waals surface area (Å²) in [5, 5.41) is 3.31. The summed E-state index contributed by atoms with van der Waals surface area (Å²) in [5.41, 5.74) is 2.83. The standard InChI is InChI=1S/C24H27N3O2/c1-18(12-13-19-8-4-2-5-9-19)25-21-22(24(29)23(21)28)27-16-14-26(15-17-27)20-10-6-3-7-11-20/h2-11,18,25H,12-17H2,1H3/t18-/m0/s1. The van der Waals surface area contributed by atoms with Gasteiger partial charge in [0.15, 0.2) is 0 Å². The lowest BCUT2D eigenvalue weighted by molar-refractivity contribution is 0.648. The predicted octanol–water partition coefficient (Wildman–Crippen LogP) is 3.04. The Balaban J connectivity index is 1.37. The lowest BCUT2D eigenvalue weighted by Gasteiger charge is -2.38. The van der Waals surface area contributed by atoms with E-state index >= 15 is 0 Å². The van der Waals surface area contributed by atoms with E-state index in [2.05, 4.69) is 46.3 Å². The zero-order valence-electron chi connectivity index (χ0n) is 16.8.